The molecule has 2 heterocycles. The highest BCUT2D eigenvalue weighted by Crippen LogP contribution is 2.32. The summed E-state index contributed by atoms with van der Waals surface area (Å²) in [5, 5.41) is 1.16. The van der Waals surface area contributed by atoms with Crippen molar-refractivity contribution in [2.24, 2.45) is 11.7 Å². The predicted octanol–water partition coefficient (Wildman–Crippen LogP) is 2.32. The summed E-state index contributed by atoms with van der Waals surface area (Å²) in [5.74, 6) is 0.684. The van der Waals surface area contributed by atoms with Crippen LogP contribution in [-0.4, -0.2) is 24.1 Å². The average Bonchev–Trinajstić information content (AvgIpc) is 2.59. The van der Waals surface area contributed by atoms with Crippen LogP contribution in [0.4, 0.5) is 5.13 Å². The van der Waals surface area contributed by atoms with Crippen molar-refractivity contribution in [3.63, 3.8) is 0 Å². The molecule has 0 spiro atoms. The molecule has 2 atom stereocenters. The first-order valence-corrected chi connectivity index (χ1v) is 6.86. The topological polar surface area (TPSA) is 42.2 Å². The number of hydrogen-bond acceptors (Lipinski definition) is 4. The number of thiazole rings is 1. The van der Waals surface area contributed by atoms with Gasteiger partial charge in [0.05, 0.1) is 5.69 Å². The zero-order chi connectivity index (χ0) is 11.7. The van der Waals surface area contributed by atoms with E-state index in [1.165, 1.54) is 17.7 Å². The molecule has 1 aliphatic rings. The van der Waals surface area contributed by atoms with Crippen molar-refractivity contribution in [1.29, 1.82) is 0 Å². The van der Waals surface area contributed by atoms with Gasteiger partial charge in [0.25, 0.3) is 0 Å². The maximum Gasteiger partial charge on any atom is 0.186 e. The summed E-state index contributed by atoms with van der Waals surface area (Å²) < 4.78 is 0. The number of nitrogens with zero attached hydrogens (tertiary/aromatic N) is 2. The second kappa shape index (κ2) is 4.72. The molecule has 16 heavy (non-hydrogen) atoms. The van der Waals surface area contributed by atoms with Crippen LogP contribution >= 0.6 is 11.3 Å². The molecular weight excluding hydrogens is 218 g/mol. The summed E-state index contributed by atoms with van der Waals surface area (Å²) in [5.41, 5.74) is 7.06. The van der Waals surface area contributed by atoms with Crippen LogP contribution in [0.3, 0.4) is 0 Å². The molecule has 2 unspecified atom stereocenters. The Kier molecular flexibility index (Phi) is 3.50. The van der Waals surface area contributed by atoms with Gasteiger partial charge >= 0.3 is 0 Å². The average molecular weight is 239 g/mol. The van der Waals surface area contributed by atoms with Crippen LogP contribution in [0.5, 0.6) is 0 Å². The van der Waals surface area contributed by atoms with Gasteiger partial charge in [-0.2, -0.15) is 0 Å². The SMILES string of the molecule is Cc1nc(N2CCCC(C)C2CN)sc1C. The first-order chi connectivity index (χ1) is 7.63. The molecule has 90 valence electrons. The lowest BCUT2D eigenvalue weighted by Gasteiger charge is -2.39. The number of aromatic nitrogens is 1. The van der Waals surface area contributed by atoms with Crippen molar-refractivity contribution < 1.29 is 0 Å². The van der Waals surface area contributed by atoms with Crippen molar-refractivity contribution in [2.75, 3.05) is 18.0 Å². The molecule has 2 rings (SSSR count). The Balaban J connectivity index is 2.24. The summed E-state index contributed by atoms with van der Waals surface area (Å²) in [7, 11) is 0. The van der Waals surface area contributed by atoms with E-state index in [1.807, 2.05) is 0 Å². The Morgan fingerprint density at radius 3 is 2.81 bits per heavy atom. The monoisotopic (exact) mass is 239 g/mol. The lowest BCUT2D eigenvalue weighted by atomic mass is 9.91. The minimum atomic E-state index is 0.471. The van der Waals surface area contributed by atoms with Gasteiger partial charge in [-0.15, -0.1) is 11.3 Å². The molecule has 0 aromatic carbocycles. The van der Waals surface area contributed by atoms with Crippen molar-refractivity contribution in [3.8, 4) is 0 Å². The Bertz CT molecular complexity index is 342. The smallest absolute Gasteiger partial charge is 0.186 e. The lowest BCUT2D eigenvalue weighted by Crippen LogP contribution is -2.48. The number of rotatable bonds is 2. The summed E-state index contributed by atoms with van der Waals surface area (Å²) in [6, 6.07) is 0.471. The van der Waals surface area contributed by atoms with E-state index in [4.69, 9.17) is 5.73 Å². The van der Waals surface area contributed by atoms with E-state index in [-0.39, 0.29) is 0 Å². The van der Waals surface area contributed by atoms with Crippen LogP contribution in [0, 0.1) is 19.8 Å². The van der Waals surface area contributed by atoms with Crippen LogP contribution in [0.25, 0.3) is 0 Å². The second-order valence-electron chi connectivity index (χ2n) is 4.75. The standard InChI is InChI=1S/C12H21N3S/c1-8-5-4-6-15(11(8)7-13)12-14-9(2)10(3)16-12/h8,11H,4-7,13H2,1-3H3. The van der Waals surface area contributed by atoms with E-state index in [9.17, 15) is 0 Å². The van der Waals surface area contributed by atoms with E-state index in [0.29, 0.717) is 12.0 Å². The highest BCUT2D eigenvalue weighted by atomic mass is 32.1. The number of nitrogens with two attached hydrogens (primary N) is 1. The maximum atomic E-state index is 5.90. The largest absolute Gasteiger partial charge is 0.344 e. The Labute approximate surface area is 102 Å². The molecule has 0 radical (unpaired) electrons. The van der Waals surface area contributed by atoms with Gasteiger partial charge in [0, 0.05) is 24.0 Å². The zero-order valence-corrected chi connectivity index (χ0v) is 11.2. The molecule has 1 saturated heterocycles. The molecule has 3 nitrogen and oxygen atoms in total. The van der Waals surface area contributed by atoms with Gasteiger partial charge in [0.2, 0.25) is 0 Å². The van der Waals surface area contributed by atoms with Crippen LogP contribution in [0.2, 0.25) is 0 Å². The minimum absolute atomic E-state index is 0.471. The fourth-order valence-electron chi connectivity index (χ4n) is 2.42. The Hall–Kier alpha value is -0.610. The second-order valence-corrected chi connectivity index (χ2v) is 5.94. The Morgan fingerprint density at radius 2 is 2.25 bits per heavy atom. The fraction of sp³-hybridized carbons (Fsp3) is 0.750. The molecule has 1 fully saturated rings. The number of anilines is 1. The molecule has 0 amide bonds. The normalized spacial score (nSPS) is 26.1. The van der Waals surface area contributed by atoms with Gasteiger partial charge in [0.15, 0.2) is 5.13 Å². The van der Waals surface area contributed by atoms with Crippen LogP contribution < -0.4 is 10.6 Å². The maximum absolute atomic E-state index is 5.90. The van der Waals surface area contributed by atoms with Gasteiger partial charge in [-0.1, -0.05) is 6.92 Å². The van der Waals surface area contributed by atoms with Crippen LogP contribution in [0.1, 0.15) is 30.3 Å². The van der Waals surface area contributed by atoms with Crippen molar-refractivity contribution >= 4 is 16.5 Å². The highest BCUT2D eigenvalue weighted by molar-refractivity contribution is 7.15. The molecule has 2 N–H and O–H groups in total. The summed E-state index contributed by atoms with van der Waals surface area (Å²) in [6.07, 6.45) is 2.55. The van der Waals surface area contributed by atoms with Crippen molar-refractivity contribution in [1.82, 2.24) is 4.98 Å². The third-order valence-electron chi connectivity index (χ3n) is 3.62. The highest BCUT2D eigenvalue weighted by Gasteiger charge is 2.29. The first kappa shape index (κ1) is 11.9. The molecule has 0 aliphatic carbocycles. The lowest BCUT2D eigenvalue weighted by molar-refractivity contribution is 0.349. The van der Waals surface area contributed by atoms with E-state index in [1.54, 1.807) is 11.3 Å². The van der Waals surface area contributed by atoms with Crippen molar-refractivity contribution in [2.45, 2.75) is 39.7 Å². The summed E-state index contributed by atoms with van der Waals surface area (Å²) >= 11 is 1.80. The molecule has 1 aliphatic heterocycles. The zero-order valence-electron chi connectivity index (χ0n) is 10.4. The van der Waals surface area contributed by atoms with E-state index < -0.39 is 0 Å². The molecular formula is C12H21N3S. The van der Waals surface area contributed by atoms with Gasteiger partial charge < -0.3 is 10.6 Å². The number of aryl methyl sites for hydroxylation is 2. The van der Waals surface area contributed by atoms with E-state index in [0.717, 1.165) is 23.9 Å². The van der Waals surface area contributed by atoms with Crippen molar-refractivity contribution in [3.05, 3.63) is 10.6 Å². The molecule has 1 aromatic rings. The van der Waals surface area contributed by atoms with Gasteiger partial charge in [-0.3, -0.25) is 0 Å². The quantitative estimate of drug-likeness (QED) is 0.861. The summed E-state index contributed by atoms with van der Waals surface area (Å²) in [6.45, 7) is 8.37. The van der Waals surface area contributed by atoms with E-state index in [2.05, 4.69) is 30.7 Å². The molecule has 0 bridgehead atoms. The van der Waals surface area contributed by atoms with Crippen LogP contribution in [-0.2, 0) is 0 Å². The first-order valence-electron chi connectivity index (χ1n) is 6.04. The number of hydrogen-bond donors (Lipinski definition) is 1. The third kappa shape index (κ3) is 2.09. The Morgan fingerprint density at radius 1 is 1.50 bits per heavy atom. The predicted molar refractivity (Wildman–Crippen MR) is 70.2 cm³/mol. The van der Waals surface area contributed by atoms with Gasteiger partial charge in [-0.25, -0.2) is 4.98 Å². The molecule has 4 heteroatoms. The van der Waals surface area contributed by atoms with Gasteiger partial charge in [-0.05, 0) is 32.6 Å². The summed E-state index contributed by atoms with van der Waals surface area (Å²) in [4.78, 5) is 8.39. The minimum Gasteiger partial charge on any atom is -0.344 e. The number of piperidine rings is 1. The molecule has 1 aromatic heterocycles. The van der Waals surface area contributed by atoms with E-state index >= 15 is 0 Å². The fourth-order valence-corrected chi connectivity index (χ4v) is 3.42. The van der Waals surface area contributed by atoms with Crippen LogP contribution in [0.15, 0.2) is 0 Å². The molecule has 0 saturated carbocycles. The van der Waals surface area contributed by atoms with Gasteiger partial charge in [0.1, 0.15) is 0 Å². The third-order valence-corrected chi connectivity index (χ3v) is 4.73.